The van der Waals surface area contributed by atoms with Gasteiger partial charge >= 0.3 is 0 Å². The lowest BCUT2D eigenvalue weighted by molar-refractivity contribution is -0.685. The number of hydrogen-bond donors (Lipinski definition) is 0. The van der Waals surface area contributed by atoms with Gasteiger partial charge in [-0.2, -0.15) is 4.57 Å². The van der Waals surface area contributed by atoms with Crippen molar-refractivity contribution < 1.29 is 17.0 Å². The van der Waals surface area contributed by atoms with Gasteiger partial charge in [-0.05, 0) is 56.5 Å². The zero-order valence-electron chi connectivity index (χ0n) is 20.5. The molecule has 0 unspecified atom stereocenters. The number of aryl methyl sites for hydroxylation is 3. The van der Waals surface area contributed by atoms with Gasteiger partial charge in [0.05, 0.1) is 17.1 Å². The molecule has 4 nitrogen and oxygen atoms in total. The second-order valence-corrected chi connectivity index (χ2v) is 11.6. The molecular weight excluding hydrogens is 514 g/mol. The lowest BCUT2D eigenvalue weighted by Gasteiger charge is -2.12. The lowest BCUT2D eigenvalue weighted by Crippen LogP contribution is -3.00. The molecule has 2 aromatic heterocycles. The van der Waals surface area contributed by atoms with Crippen LogP contribution in [0.1, 0.15) is 34.2 Å². The first kappa shape index (κ1) is 25.8. The molecule has 0 spiro atoms. The van der Waals surface area contributed by atoms with Gasteiger partial charge in [0, 0.05) is 24.1 Å². The number of nitrogens with zero attached hydrogens (tertiary/aromatic N) is 3. The van der Waals surface area contributed by atoms with Gasteiger partial charge in [-0.25, -0.2) is 0 Å². The minimum absolute atomic E-state index is 0. The van der Waals surface area contributed by atoms with Crippen LogP contribution in [0.2, 0.25) is 0 Å². The zero-order valence-corrected chi connectivity index (χ0v) is 23.7. The van der Waals surface area contributed by atoms with E-state index in [4.69, 9.17) is 0 Å². The second-order valence-electron chi connectivity index (χ2n) is 8.64. The first-order chi connectivity index (χ1) is 16.4. The number of aromatic nitrogens is 2. The molecule has 0 fully saturated rings. The third-order valence-electron chi connectivity index (χ3n) is 6.34. The zero-order chi connectivity index (χ0) is 24.0. The average molecular weight is 542 g/mol. The number of benzene rings is 2. The lowest BCUT2D eigenvalue weighted by atomic mass is 10.0. The quantitative estimate of drug-likeness (QED) is 0.366. The summed E-state index contributed by atoms with van der Waals surface area (Å²) in [6.45, 7) is 9.97. The maximum Gasteiger partial charge on any atom is 0.271 e. The molecule has 0 radical (unpaired) electrons. The highest BCUT2D eigenvalue weighted by molar-refractivity contribution is 8.08. The van der Waals surface area contributed by atoms with Crippen LogP contribution in [-0.2, 0) is 13.1 Å². The SMILES string of the molecule is CCn1c(=O)/c(=C2\Sc3cc(C)ccc3N2C)s/c1=C\c1scc[n+]1Cc1c(C)cccc1C.[Cl-]. The van der Waals surface area contributed by atoms with E-state index in [1.165, 1.54) is 27.1 Å². The Morgan fingerprint density at radius 2 is 1.83 bits per heavy atom. The Bertz CT molecular complexity index is 1560. The number of rotatable bonds is 4. The van der Waals surface area contributed by atoms with Crippen molar-refractivity contribution in [1.82, 2.24) is 4.57 Å². The first-order valence-electron chi connectivity index (χ1n) is 11.4. The van der Waals surface area contributed by atoms with E-state index in [0.29, 0.717) is 6.54 Å². The molecule has 182 valence electrons. The fraction of sp³-hybridized carbons (Fsp3) is 0.259. The fourth-order valence-corrected chi connectivity index (χ4v) is 7.78. The molecule has 0 saturated carbocycles. The van der Waals surface area contributed by atoms with E-state index in [0.717, 1.165) is 31.5 Å². The van der Waals surface area contributed by atoms with Gasteiger partial charge in [0.25, 0.3) is 10.6 Å². The normalized spacial score (nSPS) is 14.9. The van der Waals surface area contributed by atoms with Crippen LogP contribution in [0.25, 0.3) is 11.1 Å². The molecule has 0 saturated heterocycles. The molecule has 2 aromatic carbocycles. The minimum Gasteiger partial charge on any atom is -1.00 e. The Morgan fingerprint density at radius 1 is 1.09 bits per heavy atom. The van der Waals surface area contributed by atoms with Gasteiger partial charge in [-0.15, -0.1) is 11.3 Å². The van der Waals surface area contributed by atoms with Crippen molar-refractivity contribution >= 4 is 51.2 Å². The molecule has 0 aliphatic carbocycles. The largest absolute Gasteiger partial charge is 1.00 e. The summed E-state index contributed by atoms with van der Waals surface area (Å²) in [6, 6.07) is 12.9. The number of fused-ring (bicyclic) bond motifs is 1. The monoisotopic (exact) mass is 541 g/mol. The van der Waals surface area contributed by atoms with E-state index in [2.05, 4.69) is 91.3 Å². The van der Waals surface area contributed by atoms with E-state index < -0.39 is 0 Å². The summed E-state index contributed by atoms with van der Waals surface area (Å²) in [5.41, 5.74) is 6.46. The molecule has 0 N–H and O–H groups in total. The van der Waals surface area contributed by atoms with Crippen LogP contribution < -0.4 is 36.6 Å². The van der Waals surface area contributed by atoms with Crippen molar-refractivity contribution in [2.24, 2.45) is 0 Å². The Hall–Kier alpha value is -2.32. The van der Waals surface area contributed by atoms with Gasteiger partial charge in [0.1, 0.15) is 14.2 Å². The van der Waals surface area contributed by atoms with Crippen LogP contribution in [0, 0.1) is 20.8 Å². The summed E-state index contributed by atoms with van der Waals surface area (Å²) in [4.78, 5) is 16.8. The summed E-state index contributed by atoms with van der Waals surface area (Å²) in [5, 5.41) is 4.29. The minimum atomic E-state index is 0. The number of anilines is 1. The van der Waals surface area contributed by atoms with Crippen molar-refractivity contribution in [2.75, 3.05) is 11.9 Å². The molecular formula is C27H28ClN3OS3. The van der Waals surface area contributed by atoms with Crippen molar-refractivity contribution in [1.29, 1.82) is 0 Å². The summed E-state index contributed by atoms with van der Waals surface area (Å²) in [6.07, 6.45) is 4.31. The van der Waals surface area contributed by atoms with Crippen LogP contribution in [0.4, 0.5) is 5.69 Å². The van der Waals surface area contributed by atoms with Crippen LogP contribution in [0.3, 0.4) is 0 Å². The van der Waals surface area contributed by atoms with Gasteiger partial charge in [0.15, 0.2) is 12.7 Å². The first-order valence-corrected chi connectivity index (χ1v) is 13.9. The molecule has 1 aliphatic heterocycles. The maximum atomic E-state index is 13.5. The number of thiazole rings is 2. The highest BCUT2D eigenvalue weighted by Gasteiger charge is 2.25. The van der Waals surface area contributed by atoms with Crippen molar-refractivity contribution in [3.05, 3.63) is 94.8 Å². The van der Waals surface area contributed by atoms with Gasteiger partial charge < -0.3 is 17.3 Å². The predicted molar refractivity (Wildman–Crippen MR) is 145 cm³/mol. The molecule has 8 heteroatoms. The third-order valence-corrected chi connectivity index (χ3v) is 9.66. The number of hydrogen-bond acceptors (Lipinski definition) is 5. The summed E-state index contributed by atoms with van der Waals surface area (Å²) >= 11 is 5.00. The van der Waals surface area contributed by atoms with Crippen LogP contribution in [-0.4, -0.2) is 11.6 Å². The van der Waals surface area contributed by atoms with E-state index >= 15 is 0 Å². The van der Waals surface area contributed by atoms with Gasteiger partial charge in [-0.3, -0.25) is 9.36 Å². The van der Waals surface area contributed by atoms with Crippen molar-refractivity contribution in [3.8, 4) is 0 Å². The second kappa shape index (κ2) is 10.3. The smallest absolute Gasteiger partial charge is 0.271 e. The summed E-state index contributed by atoms with van der Waals surface area (Å²) < 4.78 is 5.99. The molecule has 5 rings (SSSR count). The van der Waals surface area contributed by atoms with E-state index in [-0.39, 0.29) is 18.0 Å². The topological polar surface area (TPSA) is 29.1 Å². The van der Waals surface area contributed by atoms with Crippen molar-refractivity contribution in [3.63, 3.8) is 0 Å². The Kier molecular flexibility index (Phi) is 7.62. The highest BCUT2D eigenvalue weighted by atomic mass is 35.5. The van der Waals surface area contributed by atoms with Crippen molar-refractivity contribution in [2.45, 2.75) is 45.7 Å². The van der Waals surface area contributed by atoms with Crippen LogP contribution >= 0.6 is 34.4 Å². The molecule has 0 amide bonds. The average Bonchev–Trinajstić information content (AvgIpc) is 3.47. The standard InChI is InChI=1S/C27H28N3OS3.ClH/c1-6-30-24(15-23-29(12-13-32-23)16-20-18(3)8-7-9-19(20)4)34-25(26(30)31)27-28(5)21-11-10-17(2)14-22(21)33-27;/h7-15H,6,16H2,1-5H3;1H/q+1;/p-1/b27-25+;. The Labute approximate surface area is 224 Å². The number of thioether (sulfide) groups is 1. The Morgan fingerprint density at radius 3 is 2.54 bits per heavy atom. The van der Waals surface area contributed by atoms with E-state index in [1.807, 2.05) is 11.5 Å². The molecule has 35 heavy (non-hydrogen) atoms. The molecule has 0 atom stereocenters. The molecule has 0 bridgehead atoms. The summed E-state index contributed by atoms with van der Waals surface area (Å²) in [5.74, 6) is 0. The number of halogens is 1. The van der Waals surface area contributed by atoms with Gasteiger partial charge in [0.2, 0.25) is 0 Å². The summed E-state index contributed by atoms with van der Waals surface area (Å²) in [7, 11) is 2.06. The predicted octanol–water partition coefficient (Wildman–Crippen LogP) is 1.39. The fourth-order valence-electron chi connectivity index (χ4n) is 4.37. The maximum absolute atomic E-state index is 13.5. The molecule has 3 heterocycles. The van der Waals surface area contributed by atoms with Crippen LogP contribution in [0.15, 0.2) is 57.7 Å². The molecule has 4 aromatic rings. The van der Waals surface area contributed by atoms with Gasteiger partial charge in [-0.1, -0.05) is 47.4 Å². The third kappa shape index (κ3) is 4.75. The Balaban J connectivity index is 0.00000289. The highest BCUT2D eigenvalue weighted by Crippen LogP contribution is 2.45. The van der Waals surface area contributed by atoms with E-state index in [9.17, 15) is 4.79 Å². The van der Waals surface area contributed by atoms with E-state index in [1.54, 1.807) is 34.4 Å². The molecule has 1 aliphatic rings. The van der Waals surface area contributed by atoms with Crippen LogP contribution in [0.5, 0.6) is 0 Å².